The van der Waals surface area contributed by atoms with Gasteiger partial charge in [-0.1, -0.05) is 42.5 Å². The summed E-state index contributed by atoms with van der Waals surface area (Å²) < 4.78 is 24.1. The molecule has 0 bridgehead atoms. The number of benzene rings is 3. The number of hydrogen-bond acceptors (Lipinski definition) is 5. The molecule has 0 unspecified atom stereocenters. The van der Waals surface area contributed by atoms with E-state index in [-0.39, 0.29) is 4.90 Å². The Hall–Kier alpha value is -4.60. The molecule has 5 nitrogen and oxygen atoms in total. The van der Waals surface area contributed by atoms with Gasteiger partial charge in [0.05, 0.1) is 27.6 Å². The molecule has 0 spiro atoms. The van der Waals surface area contributed by atoms with Gasteiger partial charge in [0, 0.05) is 35.2 Å². The van der Waals surface area contributed by atoms with Gasteiger partial charge in [0.2, 0.25) is 0 Å². The lowest BCUT2D eigenvalue weighted by Gasteiger charge is -2.19. The zero-order valence-corrected chi connectivity index (χ0v) is 23.7. The van der Waals surface area contributed by atoms with Crippen LogP contribution in [0.3, 0.4) is 0 Å². The van der Waals surface area contributed by atoms with Crippen molar-refractivity contribution in [2.45, 2.75) is 31.1 Å². The normalized spacial score (nSPS) is 12.3. The lowest BCUT2D eigenvalue weighted by atomic mass is 9.83. The Kier molecular flexibility index (Phi) is 7.10. The van der Waals surface area contributed by atoms with E-state index in [0.717, 1.165) is 55.6 Å². The summed E-state index contributed by atoms with van der Waals surface area (Å²) in [6, 6.07) is 29.5. The molecule has 0 saturated carbocycles. The third-order valence-electron chi connectivity index (χ3n) is 7.00. The van der Waals surface area contributed by atoms with Gasteiger partial charge in [-0.3, -0.25) is 9.97 Å². The van der Waals surface area contributed by atoms with E-state index in [1.807, 2.05) is 81.6 Å². The number of aryl methyl sites for hydroxylation is 1. The van der Waals surface area contributed by atoms with Crippen molar-refractivity contribution in [2.75, 3.05) is 6.26 Å². The highest BCUT2D eigenvalue weighted by molar-refractivity contribution is 7.90. The van der Waals surface area contributed by atoms with Crippen LogP contribution < -0.4 is 0 Å². The fourth-order valence-electron chi connectivity index (χ4n) is 4.61. The number of nitriles is 1. The molecule has 0 N–H and O–H groups in total. The Morgan fingerprint density at radius 1 is 0.925 bits per heavy atom. The van der Waals surface area contributed by atoms with Crippen LogP contribution in [-0.4, -0.2) is 24.6 Å². The molecule has 40 heavy (non-hydrogen) atoms. The predicted molar refractivity (Wildman–Crippen MR) is 161 cm³/mol. The van der Waals surface area contributed by atoms with E-state index in [9.17, 15) is 13.7 Å². The summed E-state index contributed by atoms with van der Waals surface area (Å²) in [5.74, 6) is 0. The van der Waals surface area contributed by atoms with E-state index in [2.05, 4.69) is 40.3 Å². The van der Waals surface area contributed by atoms with E-state index >= 15 is 0 Å². The maximum Gasteiger partial charge on any atom is 0.175 e. The van der Waals surface area contributed by atoms with Crippen LogP contribution in [0.25, 0.3) is 33.7 Å². The molecule has 0 amide bonds. The Bertz CT molecular complexity index is 1900. The molecule has 3 aromatic carbocycles. The van der Waals surface area contributed by atoms with Crippen LogP contribution in [0, 0.1) is 18.3 Å². The Labute approximate surface area is 235 Å². The van der Waals surface area contributed by atoms with Gasteiger partial charge in [-0.2, -0.15) is 5.26 Å². The van der Waals surface area contributed by atoms with Crippen molar-refractivity contribution in [2.24, 2.45) is 0 Å². The van der Waals surface area contributed by atoms with Gasteiger partial charge in [-0.05, 0) is 97.1 Å². The summed E-state index contributed by atoms with van der Waals surface area (Å²) >= 11 is 0. The predicted octanol–water partition coefficient (Wildman–Crippen LogP) is 7.40. The molecule has 0 aliphatic heterocycles. The zero-order valence-electron chi connectivity index (χ0n) is 22.9. The molecular weight excluding hydrogens is 514 g/mol. The van der Waals surface area contributed by atoms with E-state index < -0.39 is 15.3 Å². The summed E-state index contributed by atoms with van der Waals surface area (Å²) in [5.41, 5.74) is 7.62. The van der Waals surface area contributed by atoms with Crippen molar-refractivity contribution >= 4 is 32.4 Å². The Morgan fingerprint density at radius 3 is 2.38 bits per heavy atom. The van der Waals surface area contributed by atoms with Crippen LogP contribution in [0.2, 0.25) is 0 Å². The second-order valence-electron chi connectivity index (χ2n) is 10.5. The number of fused-ring (bicyclic) bond motifs is 1. The second kappa shape index (κ2) is 10.5. The number of sulfone groups is 1. The maximum atomic E-state index is 12.0. The van der Waals surface area contributed by atoms with Gasteiger partial charge >= 0.3 is 0 Å². The molecular formula is C34H29N3O2S. The van der Waals surface area contributed by atoms with Crippen LogP contribution >= 0.6 is 0 Å². The molecule has 0 aliphatic rings. The highest BCUT2D eigenvalue weighted by Gasteiger charge is 2.22. The van der Waals surface area contributed by atoms with Crippen LogP contribution in [0.5, 0.6) is 0 Å². The number of rotatable bonds is 6. The summed E-state index contributed by atoms with van der Waals surface area (Å²) in [6.45, 7) is 5.83. The van der Waals surface area contributed by atoms with Crippen molar-refractivity contribution in [3.8, 4) is 17.2 Å². The van der Waals surface area contributed by atoms with Crippen molar-refractivity contribution in [1.82, 2.24) is 9.97 Å². The molecule has 0 saturated heterocycles. The zero-order chi connectivity index (χ0) is 28.5. The van der Waals surface area contributed by atoms with Crippen LogP contribution in [-0.2, 0) is 15.3 Å². The molecule has 5 aromatic rings. The smallest absolute Gasteiger partial charge is 0.175 e. The maximum absolute atomic E-state index is 12.0. The molecule has 0 fully saturated rings. The molecule has 5 rings (SSSR count). The number of pyridine rings is 2. The van der Waals surface area contributed by atoms with E-state index in [1.165, 1.54) is 6.26 Å². The number of aromatic nitrogens is 2. The standard InChI is InChI=1S/C34H29N3O2S/c1-23-10-15-32(37-21-23)30(25-11-13-29(14-12-25)40(4,38)39)18-24-7-5-8-26(17-24)31-20-28(34(2,3)22-35)19-27-9-6-16-36-33(27)31/h5-21H,1-4H3/b30-18+. The highest BCUT2D eigenvalue weighted by atomic mass is 32.2. The topological polar surface area (TPSA) is 83.7 Å². The summed E-state index contributed by atoms with van der Waals surface area (Å²) in [7, 11) is -3.31. The van der Waals surface area contributed by atoms with Gasteiger partial charge in [-0.15, -0.1) is 0 Å². The number of hydrogen-bond donors (Lipinski definition) is 0. The van der Waals surface area contributed by atoms with Gasteiger partial charge < -0.3 is 0 Å². The first-order valence-corrected chi connectivity index (χ1v) is 14.8. The Balaban J connectivity index is 1.67. The summed E-state index contributed by atoms with van der Waals surface area (Å²) in [6.07, 6.45) is 6.88. The minimum Gasteiger partial charge on any atom is -0.256 e. The SMILES string of the molecule is Cc1ccc(/C(=C/c2cccc(-c3cc(C(C)(C)C#N)cc4cccnc34)c2)c2ccc(S(C)(=O)=O)cc2)nc1. The molecule has 198 valence electrons. The molecule has 6 heteroatoms. The first kappa shape index (κ1) is 27.0. The molecule has 2 heterocycles. The van der Waals surface area contributed by atoms with Crippen molar-refractivity contribution in [3.05, 3.63) is 125 Å². The average molecular weight is 544 g/mol. The third-order valence-corrected chi connectivity index (χ3v) is 8.12. The van der Waals surface area contributed by atoms with Crippen LogP contribution in [0.4, 0.5) is 0 Å². The lowest BCUT2D eigenvalue weighted by molar-refractivity contribution is 0.602. The molecule has 2 aromatic heterocycles. The van der Waals surface area contributed by atoms with Gasteiger partial charge in [-0.25, -0.2) is 8.42 Å². The molecule has 0 radical (unpaired) electrons. The van der Waals surface area contributed by atoms with E-state index in [1.54, 1.807) is 18.3 Å². The highest BCUT2D eigenvalue weighted by Crippen LogP contribution is 2.35. The van der Waals surface area contributed by atoms with Crippen molar-refractivity contribution in [3.63, 3.8) is 0 Å². The lowest BCUT2D eigenvalue weighted by Crippen LogP contribution is -2.14. The van der Waals surface area contributed by atoms with Gasteiger partial charge in [0.25, 0.3) is 0 Å². The van der Waals surface area contributed by atoms with Crippen LogP contribution in [0.1, 0.15) is 41.8 Å². The second-order valence-corrected chi connectivity index (χ2v) is 12.6. The molecule has 0 aliphatic carbocycles. The quantitative estimate of drug-likeness (QED) is 0.208. The Morgan fingerprint density at radius 2 is 1.70 bits per heavy atom. The van der Waals surface area contributed by atoms with Crippen molar-refractivity contribution < 1.29 is 8.42 Å². The monoisotopic (exact) mass is 543 g/mol. The van der Waals surface area contributed by atoms with Crippen LogP contribution in [0.15, 0.2) is 102 Å². The third kappa shape index (κ3) is 5.56. The summed E-state index contributed by atoms with van der Waals surface area (Å²) in [4.78, 5) is 9.61. The van der Waals surface area contributed by atoms with Gasteiger partial charge in [0.1, 0.15) is 0 Å². The minimum atomic E-state index is -3.31. The van der Waals surface area contributed by atoms with Gasteiger partial charge in [0.15, 0.2) is 9.84 Å². The van der Waals surface area contributed by atoms with E-state index in [0.29, 0.717) is 0 Å². The fourth-order valence-corrected chi connectivity index (χ4v) is 5.24. The van der Waals surface area contributed by atoms with E-state index in [4.69, 9.17) is 0 Å². The fraction of sp³-hybridized carbons (Fsp3) is 0.147. The van der Waals surface area contributed by atoms with Crippen molar-refractivity contribution in [1.29, 1.82) is 5.26 Å². The summed E-state index contributed by atoms with van der Waals surface area (Å²) in [5, 5.41) is 10.8. The molecule has 0 atom stereocenters. The number of nitrogens with zero attached hydrogens (tertiary/aromatic N) is 3. The largest absolute Gasteiger partial charge is 0.256 e. The first-order valence-electron chi connectivity index (χ1n) is 12.9. The first-order chi connectivity index (χ1) is 19.0. The average Bonchev–Trinajstić information content (AvgIpc) is 2.95. The minimum absolute atomic E-state index is 0.272.